The molecule has 2 amide bonds. The summed E-state index contributed by atoms with van der Waals surface area (Å²) in [5.74, 6) is -0.248. The lowest BCUT2D eigenvalue weighted by atomic mass is 10.1. The molecule has 1 aliphatic rings. The first-order chi connectivity index (χ1) is 12.5. The summed E-state index contributed by atoms with van der Waals surface area (Å²) >= 11 is 0. The van der Waals surface area contributed by atoms with Gasteiger partial charge < -0.3 is 15.0 Å². The van der Waals surface area contributed by atoms with Crippen LogP contribution in [0.3, 0.4) is 0 Å². The largest absolute Gasteiger partial charge is 0.497 e. The lowest BCUT2D eigenvalue weighted by Crippen LogP contribution is -2.28. The van der Waals surface area contributed by atoms with Crippen molar-refractivity contribution in [3.63, 3.8) is 0 Å². The topological polar surface area (TPSA) is 75.7 Å². The highest BCUT2D eigenvalue weighted by atomic mass is 16.5. The average Bonchev–Trinajstić information content (AvgIpc) is 3.04. The zero-order chi connectivity index (χ0) is 18.7. The van der Waals surface area contributed by atoms with E-state index in [0.29, 0.717) is 23.5 Å². The van der Waals surface area contributed by atoms with Crippen LogP contribution in [0.4, 0.5) is 11.4 Å². The number of ketones is 1. The number of methoxy groups -OCH3 is 1. The number of benzene rings is 2. The number of hydrogen-bond acceptors (Lipinski definition) is 4. The van der Waals surface area contributed by atoms with Gasteiger partial charge in [0.1, 0.15) is 5.75 Å². The Balaban J connectivity index is 1.72. The Morgan fingerprint density at radius 2 is 1.81 bits per heavy atom. The second kappa shape index (κ2) is 7.39. The maximum Gasteiger partial charge on any atom is 0.229 e. The first-order valence-corrected chi connectivity index (χ1v) is 8.35. The highest BCUT2D eigenvalue weighted by molar-refractivity contribution is 6.07. The Hall–Kier alpha value is -3.15. The van der Waals surface area contributed by atoms with Gasteiger partial charge >= 0.3 is 0 Å². The van der Waals surface area contributed by atoms with E-state index in [2.05, 4.69) is 5.32 Å². The molecule has 3 rings (SSSR count). The molecule has 0 bridgehead atoms. The van der Waals surface area contributed by atoms with Crippen molar-refractivity contribution >= 4 is 29.0 Å². The predicted molar refractivity (Wildman–Crippen MR) is 98.5 cm³/mol. The SMILES string of the molecule is COc1ccc(N2CC(C(=O)Nc3ccccc3C(C)=O)CC2=O)cc1. The maximum atomic E-state index is 12.6. The molecule has 2 aromatic carbocycles. The van der Waals surface area contributed by atoms with E-state index in [-0.39, 0.29) is 24.0 Å². The zero-order valence-electron chi connectivity index (χ0n) is 14.7. The molecule has 0 radical (unpaired) electrons. The summed E-state index contributed by atoms with van der Waals surface area (Å²) in [6.45, 7) is 1.76. The summed E-state index contributed by atoms with van der Waals surface area (Å²) in [6, 6.07) is 14.0. The summed E-state index contributed by atoms with van der Waals surface area (Å²) < 4.78 is 5.12. The van der Waals surface area contributed by atoms with Gasteiger partial charge in [0.05, 0.1) is 18.7 Å². The van der Waals surface area contributed by atoms with E-state index in [4.69, 9.17) is 4.74 Å². The number of carbonyl (C=O) groups is 3. The van der Waals surface area contributed by atoms with Crippen LogP contribution < -0.4 is 15.0 Å². The summed E-state index contributed by atoms with van der Waals surface area (Å²) in [4.78, 5) is 38.2. The third-order valence-electron chi connectivity index (χ3n) is 4.44. The molecule has 0 saturated carbocycles. The monoisotopic (exact) mass is 352 g/mol. The van der Waals surface area contributed by atoms with E-state index in [1.807, 2.05) is 0 Å². The molecule has 1 unspecified atom stereocenters. The van der Waals surface area contributed by atoms with Crippen LogP contribution in [0.1, 0.15) is 23.7 Å². The predicted octanol–water partition coefficient (Wildman–Crippen LogP) is 2.89. The van der Waals surface area contributed by atoms with Crippen LogP contribution in [-0.4, -0.2) is 31.3 Å². The minimum Gasteiger partial charge on any atom is -0.497 e. The fraction of sp³-hybridized carbons (Fsp3) is 0.250. The highest BCUT2D eigenvalue weighted by Crippen LogP contribution is 2.28. The van der Waals surface area contributed by atoms with Crippen LogP contribution in [0.5, 0.6) is 5.75 Å². The molecule has 6 nitrogen and oxygen atoms in total. The van der Waals surface area contributed by atoms with Gasteiger partial charge in [0.2, 0.25) is 11.8 Å². The fourth-order valence-corrected chi connectivity index (χ4v) is 3.03. The number of hydrogen-bond donors (Lipinski definition) is 1. The molecule has 1 heterocycles. The van der Waals surface area contributed by atoms with E-state index in [9.17, 15) is 14.4 Å². The number of anilines is 2. The first-order valence-electron chi connectivity index (χ1n) is 8.35. The lowest BCUT2D eigenvalue weighted by Gasteiger charge is -2.17. The van der Waals surface area contributed by atoms with Crippen molar-refractivity contribution < 1.29 is 19.1 Å². The lowest BCUT2D eigenvalue weighted by molar-refractivity contribution is -0.122. The van der Waals surface area contributed by atoms with Crippen molar-refractivity contribution in [2.24, 2.45) is 5.92 Å². The quantitative estimate of drug-likeness (QED) is 0.840. The first kappa shape index (κ1) is 17.7. The molecule has 1 aliphatic heterocycles. The number of carbonyl (C=O) groups excluding carboxylic acids is 3. The van der Waals surface area contributed by atoms with Crippen molar-refractivity contribution in [2.75, 3.05) is 23.9 Å². The summed E-state index contributed by atoms with van der Waals surface area (Å²) in [7, 11) is 1.58. The number of nitrogens with zero attached hydrogens (tertiary/aromatic N) is 1. The number of rotatable bonds is 5. The molecule has 26 heavy (non-hydrogen) atoms. The fourth-order valence-electron chi connectivity index (χ4n) is 3.03. The van der Waals surface area contributed by atoms with Crippen LogP contribution in [0, 0.1) is 5.92 Å². The second-order valence-corrected chi connectivity index (χ2v) is 6.19. The number of ether oxygens (including phenoxy) is 1. The Morgan fingerprint density at radius 3 is 2.46 bits per heavy atom. The number of amides is 2. The van der Waals surface area contributed by atoms with Gasteiger partial charge in [0.15, 0.2) is 5.78 Å². The van der Waals surface area contributed by atoms with E-state index in [1.165, 1.54) is 6.92 Å². The number of Topliss-reactive ketones (excluding diaryl/α,β-unsaturated/α-hetero) is 1. The number of para-hydroxylation sites is 1. The summed E-state index contributed by atoms with van der Waals surface area (Å²) in [6.07, 6.45) is 0.139. The van der Waals surface area contributed by atoms with E-state index >= 15 is 0 Å². The van der Waals surface area contributed by atoms with Crippen LogP contribution in [0.25, 0.3) is 0 Å². The van der Waals surface area contributed by atoms with Gasteiger partial charge in [-0.2, -0.15) is 0 Å². The third-order valence-corrected chi connectivity index (χ3v) is 4.44. The van der Waals surface area contributed by atoms with Crippen LogP contribution >= 0.6 is 0 Å². The molecular weight excluding hydrogens is 332 g/mol. The van der Waals surface area contributed by atoms with Gasteiger partial charge in [-0.3, -0.25) is 14.4 Å². The van der Waals surface area contributed by atoms with Gasteiger partial charge in [-0.25, -0.2) is 0 Å². The molecule has 1 N–H and O–H groups in total. The van der Waals surface area contributed by atoms with Crippen molar-refractivity contribution in [2.45, 2.75) is 13.3 Å². The van der Waals surface area contributed by atoms with E-state index in [1.54, 1.807) is 60.5 Å². The molecule has 2 aromatic rings. The van der Waals surface area contributed by atoms with E-state index < -0.39 is 5.92 Å². The average molecular weight is 352 g/mol. The minimum absolute atomic E-state index is 0.102. The Labute approximate surface area is 151 Å². The van der Waals surface area contributed by atoms with Gasteiger partial charge in [0.25, 0.3) is 0 Å². The molecule has 0 spiro atoms. The molecule has 1 fully saturated rings. The Bertz CT molecular complexity index is 845. The molecule has 6 heteroatoms. The normalized spacial score (nSPS) is 16.5. The Morgan fingerprint density at radius 1 is 1.12 bits per heavy atom. The summed E-state index contributed by atoms with van der Waals surface area (Å²) in [5.41, 5.74) is 1.66. The molecule has 0 aliphatic carbocycles. The molecule has 0 aromatic heterocycles. The maximum absolute atomic E-state index is 12.6. The van der Waals surface area contributed by atoms with Crippen molar-refractivity contribution in [3.8, 4) is 5.75 Å². The van der Waals surface area contributed by atoms with Crippen molar-refractivity contribution in [3.05, 3.63) is 54.1 Å². The summed E-state index contributed by atoms with van der Waals surface area (Å²) in [5, 5.41) is 2.79. The van der Waals surface area contributed by atoms with Gasteiger partial charge in [-0.15, -0.1) is 0 Å². The van der Waals surface area contributed by atoms with Crippen LogP contribution in [-0.2, 0) is 9.59 Å². The molecule has 1 atom stereocenters. The van der Waals surface area contributed by atoms with E-state index in [0.717, 1.165) is 5.69 Å². The minimum atomic E-state index is -0.468. The smallest absolute Gasteiger partial charge is 0.229 e. The highest BCUT2D eigenvalue weighted by Gasteiger charge is 2.35. The molecular formula is C20H20N2O4. The van der Waals surface area contributed by atoms with Gasteiger partial charge in [0, 0.05) is 24.2 Å². The van der Waals surface area contributed by atoms with Gasteiger partial charge in [-0.05, 0) is 43.3 Å². The molecule has 1 saturated heterocycles. The van der Waals surface area contributed by atoms with Crippen molar-refractivity contribution in [1.29, 1.82) is 0 Å². The number of nitrogens with one attached hydrogen (secondary N) is 1. The zero-order valence-corrected chi connectivity index (χ0v) is 14.7. The van der Waals surface area contributed by atoms with Crippen molar-refractivity contribution in [1.82, 2.24) is 0 Å². The second-order valence-electron chi connectivity index (χ2n) is 6.19. The standard InChI is InChI=1S/C20H20N2O4/c1-13(23)17-5-3-4-6-18(17)21-20(25)14-11-19(24)22(12-14)15-7-9-16(26-2)10-8-15/h3-10,14H,11-12H2,1-2H3,(H,21,25). The molecule has 134 valence electrons. The third kappa shape index (κ3) is 3.59. The van der Waals surface area contributed by atoms with Crippen LogP contribution in [0.2, 0.25) is 0 Å². The Kier molecular flexibility index (Phi) is 5.02. The van der Waals surface area contributed by atoms with Gasteiger partial charge in [-0.1, -0.05) is 12.1 Å². The van der Waals surface area contributed by atoms with Crippen LogP contribution in [0.15, 0.2) is 48.5 Å².